The second kappa shape index (κ2) is 10.7. The highest BCUT2D eigenvalue weighted by molar-refractivity contribution is 6.04. The van der Waals surface area contributed by atoms with Crippen LogP contribution >= 0.6 is 0 Å². The van der Waals surface area contributed by atoms with Crippen LogP contribution in [0.25, 0.3) is 0 Å². The van der Waals surface area contributed by atoms with E-state index in [-0.39, 0.29) is 36.4 Å². The van der Waals surface area contributed by atoms with Gasteiger partial charge >= 0.3 is 6.01 Å². The van der Waals surface area contributed by atoms with Crippen LogP contribution in [0.5, 0.6) is 6.01 Å². The molecule has 2 N–H and O–H groups in total. The Morgan fingerprint density at radius 3 is 2.94 bits per heavy atom. The van der Waals surface area contributed by atoms with Crippen molar-refractivity contribution < 1.29 is 19.4 Å². The summed E-state index contributed by atoms with van der Waals surface area (Å²) in [5, 5.41) is 12.1. The number of aromatic nitrogens is 3. The Morgan fingerprint density at radius 1 is 1.31 bits per heavy atom. The van der Waals surface area contributed by atoms with Crippen molar-refractivity contribution in [2.45, 2.75) is 51.3 Å². The molecule has 1 amide bonds. The zero-order valence-corrected chi connectivity index (χ0v) is 20.0. The molecule has 0 aromatic carbocycles. The van der Waals surface area contributed by atoms with Gasteiger partial charge in [0.05, 0.1) is 24.9 Å². The van der Waals surface area contributed by atoms with Crippen molar-refractivity contribution in [2.24, 2.45) is 10.9 Å². The molecule has 3 aliphatic heterocycles. The lowest BCUT2D eigenvalue weighted by Crippen LogP contribution is -2.38. The Hall–Kier alpha value is -3.11. The van der Waals surface area contributed by atoms with Gasteiger partial charge in [-0.1, -0.05) is 0 Å². The third-order valence-corrected chi connectivity index (χ3v) is 6.77. The van der Waals surface area contributed by atoms with Gasteiger partial charge in [0.25, 0.3) is 5.91 Å². The second-order valence-corrected chi connectivity index (χ2v) is 9.36. The number of carbonyl (C=O) groups excluding carboxylic acids is 1. The molecule has 5 heterocycles. The SMILES string of the molecule is C[C@H](CO)NC(=O)c1cc(N2CCC(C3=NCc4ncccc43)CC2)nc(OC[C@H]2CCCO2)n1. The van der Waals surface area contributed by atoms with Crippen molar-refractivity contribution >= 4 is 17.4 Å². The number of hydrogen-bond donors (Lipinski definition) is 2. The molecule has 35 heavy (non-hydrogen) atoms. The number of fused-ring (bicyclic) bond motifs is 1. The number of piperidine rings is 1. The molecule has 3 aliphatic rings. The number of aliphatic imine (C=N–C) groups is 1. The Kier molecular flexibility index (Phi) is 7.19. The van der Waals surface area contributed by atoms with E-state index in [0.717, 1.165) is 56.8 Å². The van der Waals surface area contributed by atoms with Gasteiger partial charge in [0.2, 0.25) is 0 Å². The number of aliphatic hydroxyl groups excluding tert-OH is 1. The topological polar surface area (TPSA) is 122 Å². The summed E-state index contributed by atoms with van der Waals surface area (Å²) in [7, 11) is 0. The number of amides is 1. The number of nitrogens with zero attached hydrogens (tertiary/aromatic N) is 5. The summed E-state index contributed by atoms with van der Waals surface area (Å²) in [6.45, 7) is 4.91. The van der Waals surface area contributed by atoms with Gasteiger partial charge in [0, 0.05) is 55.2 Å². The van der Waals surface area contributed by atoms with E-state index in [1.165, 1.54) is 5.56 Å². The fourth-order valence-corrected chi connectivity index (χ4v) is 4.82. The van der Waals surface area contributed by atoms with Crippen LogP contribution in [0, 0.1) is 5.92 Å². The largest absolute Gasteiger partial charge is 0.461 e. The highest BCUT2D eigenvalue weighted by atomic mass is 16.5. The van der Waals surface area contributed by atoms with Gasteiger partial charge in [-0.25, -0.2) is 0 Å². The van der Waals surface area contributed by atoms with Crippen molar-refractivity contribution in [3.05, 3.63) is 41.3 Å². The van der Waals surface area contributed by atoms with Gasteiger partial charge in [-0.05, 0) is 44.7 Å². The number of anilines is 1. The van der Waals surface area contributed by atoms with Crippen LogP contribution in [0.4, 0.5) is 5.82 Å². The first kappa shape index (κ1) is 23.6. The van der Waals surface area contributed by atoms with Crippen molar-refractivity contribution in [2.75, 3.05) is 37.8 Å². The first-order valence-electron chi connectivity index (χ1n) is 12.4. The molecule has 0 aliphatic carbocycles. The van der Waals surface area contributed by atoms with Crippen LogP contribution in [0.15, 0.2) is 29.4 Å². The van der Waals surface area contributed by atoms with Crippen molar-refractivity contribution in [3.63, 3.8) is 0 Å². The summed E-state index contributed by atoms with van der Waals surface area (Å²) < 4.78 is 11.5. The molecule has 2 saturated heterocycles. The summed E-state index contributed by atoms with van der Waals surface area (Å²) in [4.78, 5) is 33.1. The molecule has 0 saturated carbocycles. The molecule has 2 aromatic rings. The predicted molar refractivity (Wildman–Crippen MR) is 130 cm³/mol. The summed E-state index contributed by atoms with van der Waals surface area (Å²) >= 11 is 0. The Morgan fingerprint density at radius 2 is 2.17 bits per heavy atom. The zero-order chi connectivity index (χ0) is 24.2. The quantitative estimate of drug-likeness (QED) is 0.586. The summed E-state index contributed by atoms with van der Waals surface area (Å²) in [5.41, 5.74) is 3.62. The van der Waals surface area contributed by atoms with Gasteiger partial charge < -0.3 is 24.8 Å². The van der Waals surface area contributed by atoms with E-state index in [4.69, 9.17) is 14.5 Å². The number of rotatable bonds is 8. The van der Waals surface area contributed by atoms with E-state index in [9.17, 15) is 9.90 Å². The molecule has 2 aromatic heterocycles. The molecule has 5 rings (SSSR count). The average Bonchev–Trinajstić information content (AvgIpc) is 3.57. The minimum Gasteiger partial charge on any atom is -0.461 e. The summed E-state index contributed by atoms with van der Waals surface area (Å²) in [6.07, 6.45) is 5.68. The molecule has 10 nitrogen and oxygen atoms in total. The Balaban J connectivity index is 1.30. The van der Waals surface area contributed by atoms with Crippen molar-refractivity contribution in [1.29, 1.82) is 0 Å². The van der Waals surface area contributed by atoms with E-state index < -0.39 is 0 Å². The van der Waals surface area contributed by atoms with Crippen LogP contribution in [-0.2, 0) is 11.3 Å². The van der Waals surface area contributed by atoms with Crippen molar-refractivity contribution in [3.8, 4) is 6.01 Å². The molecular formula is C25H32N6O4. The Bertz CT molecular complexity index is 1080. The maximum absolute atomic E-state index is 12.8. The highest BCUT2D eigenvalue weighted by Gasteiger charge is 2.29. The molecule has 2 atom stereocenters. The third-order valence-electron chi connectivity index (χ3n) is 6.77. The smallest absolute Gasteiger partial charge is 0.319 e. The van der Waals surface area contributed by atoms with Crippen LogP contribution in [0.3, 0.4) is 0 Å². The summed E-state index contributed by atoms with van der Waals surface area (Å²) in [6, 6.07) is 5.57. The van der Waals surface area contributed by atoms with E-state index in [1.807, 2.05) is 12.3 Å². The maximum Gasteiger partial charge on any atom is 0.319 e. The molecule has 0 radical (unpaired) electrons. The number of carbonyl (C=O) groups is 1. The minimum absolute atomic E-state index is 0.0224. The number of ether oxygens (including phenoxy) is 2. The molecule has 0 bridgehead atoms. The van der Waals surface area contributed by atoms with Gasteiger partial charge in [0.1, 0.15) is 18.1 Å². The second-order valence-electron chi connectivity index (χ2n) is 9.36. The molecule has 10 heteroatoms. The molecule has 186 valence electrons. The standard InChI is InChI=1S/C25H32N6O4/c1-16(14-32)28-24(33)20-12-22(30-25(29-20)35-15-18-4-3-11-34-18)31-9-6-17(7-10-31)23-19-5-2-8-26-21(19)13-27-23/h2,5,8,12,16-18,32H,3-4,6-7,9-11,13-15H2,1H3,(H,28,33)/t16-,18-/m1/s1. The molecular weight excluding hydrogens is 448 g/mol. The minimum atomic E-state index is -0.377. The first-order valence-corrected chi connectivity index (χ1v) is 12.4. The van der Waals surface area contributed by atoms with Crippen LogP contribution < -0.4 is 15.0 Å². The molecule has 0 spiro atoms. The third kappa shape index (κ3) is 5.43. The predicted octanol–water partition coefficient (Wildman–Crippen LogP) is 1.76. The lowest BCUT2D eigenvalue weighted by molar-refractivity contribution is 0.0643. The monoisotopic (exact) mass is 480 g/mol. The van der Waals surface area contributed by atoms with Crippen LogP contribution in [0.2, 0.25) is 0 Å². The van der Waals surface area contributed by atoms with E-state index in [1.54, 1.807) is 13.0 Å². The van der Waals surface area contributed by atoms with Gasteiger partial charge in [-0.3, -0.25) is 14.8 Å². The lowest BCUT2D eigenvalue weighted by Gasteiger charge is -2.33. The van der Waals surface area contributed by atoms with Crippen LogP contribution in [-0.4, -0.2) is 76.7 Å². The number of pyridine rings is 1. The fourth-order valence-electron chi connectivity index (χ4n) is 4.82. The zero-order valence-electron chi connectivity index (χ0n) is 20.0. The number of hydrogen-bond acceptors (Lipinski definition) is 9. The molecule has 2 fully saturated rings. The summed E-state index contributed by atoms with van der Waals surface area (Å²) in [5.74, 6) is 0.677. The van der Waals surface area contributed by atoms with Gasteiger partial charge in [-0.15, -0.1) is 0 Å². The van der Waals surface area contributed by atoms with Gasteiger partial charge in [-0.2, -0.15) is 9.97 Å². The van der Waals surface area contributed by atoms with E-state index in [0.29, 0.717) is 24.9 Å². The fraction of sp³-hybridized carbons (Fsp3) is 0.560. The highest BCUT2D eigenvalue weighted by Crippen LogP contribution is 2.30. The Labute approximate surface area is 204 Å². The van der Waals surface area contributed by atoms with Crippen molar-refractivity contribution in [1.82, 2.24) is 20.3 Å². The normalized spacial score (nSPS) is 20.9. The van der Waals surface area contributed by atoms with Gasteiger partial charge in [0.15, 0.2) is 0 Å². The molecule has 0 unspecified atom stereocenters. The number of aliphatic hydroxyl groups is 1. The van der Waals surface area contributed by atoms with E-state index in [2.05, 4.69) is 31.2 Å². The van der Waals surface area contributed by atoms with Crippen LogP contribution in [0.1, 0.15) is 54.4 Å². The first-order chi connectivity index (χ1) is 17.1. The maximum atomic E-state index is 12.8. The number of nitrogens with one attached hydrogen (secondary N) is 1. The lowest BCUT2D eigenvalue weighted by atomic mass is 9.88. The van der Waals surface area contributed by atoms with E-state index >= 15 is 0 Å². The average molecular weight is 481 g/mol.